The normalized spacial score (nSPS) is 12.8. The number of anilines is 2. The van der Waals surface area contributed by atoms with Gasteiger partial charge in [0.15, 0.2) is 5.82 Å². The van der Waals surface area contributed by atoms with E-state index in [1.807, 2.05) is 41.1 Å². The highest BCUT2D eigenvalue weighted by Crippen LogP contribution is 2.26. The lowest BCUT2D eigenvalue weighted by atomic mass is 10.1. The predicted molar refractivity (Wildman–Crippen MR) is 171 cm³/mol. The third-order valence-electron chi connectivity index (χ3n) is 6.58. The van der Waals surface area contributed by atoms with Crippen molar-refractivity contribution in [1.82, 2.24) is 24.8 Å². The van der Waals surface area contributed by atoms with Gasteiger partial charge in [-0.25, -0.2) is 9.50 Å². The lowest BCUT2D eigenvalue weighted by molar-refractivity contribution is 0.249. The molecular formula is C33H48N6O2. The first kappa shape index (κ1) is 33.6. The summed E-state index contributed by atoms with van der Waals surface area (Å²) in [5, 5.41) is 18.7. The SMILES string of the molecule is C#CC/C=C\C/C=C\C[C@@H](C)N[C@@H](C)CCN(CCC)Cc1ccn2ncnc(Nc3cccc(OC)c3)c12.CO. The van der Waals surface area contributed by atoms with E-state index in [0.29, 0.717) is 18.5 Å². The number of terminal acetylenes is 1. The van der Waals surface area contributed by atoms with Crippen LogP contribution < -0.4 is 15.4 Å². The Hall–Kier alpha value is -3.64. The van der Waals surface area contributed by atoms with Gasteiger partial charge in [-0.1, -0.05) is 37.3 Å². The number of hydrogen-bond donors (Lipinski definition) is 3. The molecule has 0 amide bonds. The Morgan fingerprint density at radius 1 is 1.12 bits per heavy atom. The van der Waals surface area contributed by atoms with Crippen LogP contribution in [0, 0.1) is 12.3 Å². The van der Waals surface area contributed by atoms with Gasteiger partial charge in [0, 0.05) is 50.1 Å². The first-order valence-electron chi connectivity index (χ1n) is 14.4. The molecule has 0 bridgehead atoms. The van der Waals surface area contributed by atoms with Crippen molar-refractivity contribution in [1.29, 1.82) is 0 Å². The van der Waals surface area contributed by atoms with Crippen LogP contribution in [0.25, 0.3) is 5.52 Å². The molecule has 0 saturated heterocycles. The van der Waals surface area contributed by atoms with Crippen molar-refractivity contribution in [3.8, 4) is 18.1 Å². The zero-order valence-electron chi connectivity index (χ0n) is 25.4. The minimum Gasteiger partial charge on any atom is -0.497 e. The molecule has 222 valence electrons. The van der Waals surface area contributed by atoms with Gasteiger partial charge in [0.25, 0.3) is 0 Å². The maximum atomic E-state index is 7.00. The molecular weight excluding hydrogens is 512 g/mol. The molecule has 0 unspecified atom stereocenters. The maximum absolute atomic E-state index is 7.00. The quantitative estimate of drug-likeness (QED) is 0.138. The highest BCUT2D eigenvalue weighted by atomic mass is 16.5. The van der Waals surface area contributed by atoms with Gasteiger partial charge in [-0.2, -0.15) is 5.10 Å². The van der Waals surface area contributed by atoms with E-state index in [9.17, 15) is 0 Å². The molecule has 0 radical (unpaired) electrons. The second-order valence-electron chi connectivity index (χ2n) is 9.96. The zero-order valence-corrected chi connectivity index (χ0v) is 25.4. The number of benzene rings is 1. The molecule has 3 aromatic rings. The second kappa shape index (κ2) is 19.4. The summed E-state index contributed by atoms with van der Waals surface area (Å²) in [5.74, 6) is 4.21. The number of aliphatic hydroxyl groups excluding tert-OH is 1. The average molecular weight is 561 g/mol. The van der Waals surface area contributed by atoms with E-state index in [-0.39, 0.29) is 0 Å². The van der Waals surface area contributed by atoms with Crippen LogP contribution in [0.3, 0.4) is 0 Å². The highest BCUT2D eigenvalue weighted by Gasteiger charge is 2.15. The van der Waals surface area contributed by atoms with Gasteiger partial charge in [-0.05, 0) is 76.4 Å². The summed E-state index contributed by atoms with van der Waals surface area (Å²) < 4.78 is 7.28. The van der Waals surface area contributed by atoms with E-state index < -0.39 is 0 Å². The van der Waals surface area contributed by atoms with E-state index in [4.69, 9.17) is 16.3 Å². The first-order valence-corrected chi connectivity index (χ1v) is 14.4. The Kier molecular flexibility index (Phi) is 15.9. The second-order valence-corrected chi connectivity index (χ2v) is 9.96. The van der Waals surface area contributed by atoms with Gasteiger partial charge < -0.3 is 20.5 Å². The number of hydrogen-bond acceptors (Lipinski definition) is 7. The van der Waals surface area contributed by atoms with Gasteiger partial charge in [0.05, 0.1) is 7.11 Å². The molecule has 1 aromatic carbocycles. The van der Waals surface area contributed by atoms with Crippen LogP contribution in [0.2, 0.25) is 0 Å². The smallest absolute Gasteiger partial charge is 0.158 e. The predicted octanol–water partition coefficient (Wildman–Crippen LogP) is 5.97. The fourth-order valence-electron chi connectivity index (χ4n) is 4.64. The average Bonchev–Trinajstić information content (AvgIpc) is 3.40. The number of methoxy groups -OCH3 is 1. The number of rotatable bonds is 17. The van der Waals surface area contributed by atoms with Crippen LogP contribution in [0.4, 0.5) is 11.5 Å². The molecule has 2 atom stereocenters. The number of aliphatic hydroxyl groups is 1. The lowest BCUT2D eigenvalue weighted by Crippen LogP contribution is -2.37. The monoisotopic (exact) mass is 560 g/mol. The fraction of sp³-hybridized carbons (Fsp3) is 0.455. The Bertz CT molecular complexity index is 1250. The van der Waals surface area contributed by atoms with Crippen molar-refractivity contribution in [2.24, 2.45) is 0 Å². The Morgan fingerprint density at radius 2 is 1.93 bits per heavy atom. The molecule has 3 rings (SSSR count). The van der Waals surface area contributed by atoms with Crippen molar-refractivity contribution < 1.29 is 9.84 Å². The Balaban J connectivity index is 0.00000287. The standard InChI is InChI=1S/C32H44N6O.CH4O/c1-6-8-9-10-11-12-13-15-26(3)35-27(4)18-21-37(20-7-2)24-28-19-22-38-31(28)32(33-25-34-38)36-29-16-14-17-30(23-29)39-5;1-2/h1,9-10,12-14,16-17,19,22-23,25-27,35H,7-8,11,15,18,20-21,24H2,2-5H3,(H,33,34,36);2H,1H3/b10-9-,13-12-;/t26-,27+;/m1./s1. The molecule has 2 aromatic heterocycles. The third kappa shape index (κ3) is 11.8. The molecule has 3 N–H and O–H groups in total. The molecule has 2 heterocycles. The van der Waals surface area contributed by atoms with E-state index in [0.717, 1.165) is 75.2 Å². The van der Waals surface area contributed by atoms with Crippen LogP contribution in [-0.4, -0.2) is 64.0 Å². The molecule has 0 aliphatic heterocycles. The minimum atomic E-state index is 0.433. The van der Waals surface area contributed by atoms with Crippen LogP contribution in [0.1, 0.15) is 58.4 Å². The largest absolute Gasteiger partial charge is 0.497 e. The molecule has 8 heteroatoms. The van der Waals surface area contributed by atoms with Gasteiger partial charge in [-0.15, -0.1) is 12.3 Å². The van der Waals surface area contributed by atoms with E-state index in [1.165, 1.54) is 5.56 Å². The third-order valence-corrected chi connectivity index (χ3v) is 6.58. The van der Waals surface area contributed by atoms with E-state index in [2.05, 4.69) is 76.6 Å². The van der Waals surface area contributed by atoms with Crippen LogP contribution >= 0.6 is 0 Å². The van der Waals surface area contributed by atoms with Crippen molar-refractivity contribution in [3.05, 3.63) is 72.7 Å². The number of ether oxygens (including phenoxy) is 1. The van der Waals surface area contributed by atoms with Crippen LogP contribution in [0.5, 0.6) is 5.75 Å². The molecule has 0 fully saturated rings. The Labute approximate surface area is 246 Å². The molecule has 41 heavy (non-hydrogen) atoms. The zero-order chi connectivity index (χ0) is 29.9. The number of nitrogens with zero attached hydrogens (tertiary/aromatic N) is 4. The minimum absolute atomic E-state index is 0.433. The molecule has 0 aliphatic carbocycles. The van der Waals surface area contributed by atoms with E-state index >= 15 is 0 Å². The summed E-state index contributed by atoms with van der Waals surface area (Å²) in [4.78, 5) is 7.10. The first-order chi connectivity index (χ1) is 20.0. The Morgan fingerprint density at radius 3 is 2.68 bits per heavy atom. The maximum Gasteiger partial charge on any atom is 0.158 e. The number of allylic oxidation sites excluding steroid dienone is 3. The van der Waals surface area contributed by atoms with Gasteiger partial charge in [-0.3, -0.25) is 4.90 Å². The van der Waals surface area contributed by atoms with Crippen molar-refractivity contribution >= 4 is 17.0 Å². The summed E-state index contributed by atoms with van der Waals surface area (Å²) in [6.45, 7) is 9.69. The number of nitrogens with one attached hydrogen (secondary N) is 2. The van der Waals surface area contributed by atoms with Gasteiger partial charge >= 0.3 is 0 Å². The van der Waals surface area contributed by atoms with Crippen LogP contribution in [0.15, 0.2) is 67.2 Å². The summed E-state index contributed by atoms with van der Waals surface area (Å²) in [6.07, 6.45) is 22.3. The molecule has 8 nitrogen and oxygen atoms in total. The highest BCUT2D eigenvalue weighted by molar-refractivity contribution is 5.76. The topological polar surface area (TPSA) is 87.0 Å². The number of aromatic nitrogens is 3. The summed E-state index contributed by atoms with van der Waals surface area (Å²) in [6, 6.07) is 10.9. The number of fused-ring (bicyclic) bond motifs is 1. The van der Waals surface area contributed by atoms with Gasteiger partial charge in [0.1, 0.15) is 17.6 Å². The summed E-state index contributed by atoms with van der Waals surface area (Å²) in [7, 11) is 2.67. The fourth-order valence-corrected chi connectivity index (χ4v) is 4.64. The van der Waals surface area contributed by atoms with Crippen molar-refractivity contribution in [3.63, 3.8) is 0 Å². The van der Waals surface area contributed by atoms with Crippen LogP contribution in [-0.2, 0) is 6.54 Å². The van der Waals surface area contributed by atoms with Gasteiger partial charge in [0.2, 0.25) is 0 Å². The van der Waals surface area contributed by atoms with Crippen molar-refractivity contribution in [2.45, 2.75) is 71.5 Å². The molecule has 0 aliphatic rings. The van der Waals surface area contributed by atoms with Crippen molar-refractivity contribution in [2.75, 3.05) is 32.6 Å². The lowest BCUT2D eigenvalue weighted by Gasteiger charge is -2.25. The molecule has 0 saturated carbocycles. The van der Waals surface area contributed by atoms with E-state index in [1.54, 1.807) is 13.4 Å². The summed E-state index contributed by atoms with van der Waals surface area (Å²) in [5.41, 5.74) is 3.14. The summed E-state index contributed by atoms with van der Waals surface area (Å²) >= 11 is 0. The molecule has 0 spiro atoms.